The Balaban J connectivity index is 1.89. The Labute approximate surface area is 126 Å². The third kappa shape index (κ3) is 3.48. The molecule has 0 radical (unpaired) electrons. The van der Waals surface area contributed by atoms with E-state index in [0.717, 1.165) is 4.47 Å². The first kappa shape index (κ1) is 14.8. The number of carbonyl (C=O) groups is 1. The lowest BCUT2D eigenvalue weighted by Gasteiger charge is -2.03. The van der Waals surface area contributed by atoms with Crippen LogP contribution >= 0.6 is 15.9 Å². The lowest BCUT2D eigenvalue weighted by Crippen LogP contribution is -2.23. The molecule has 0 bridgehead atoms. The largest absolute Gasteiger partial charge is 0.328 e. The van der Waals surface area contributed by atoms with Crippen molar-refractivity contribution in [2.75, 3.05) is 0 Å². The maximum atomic E-state index is 12.0. The molecule has 0 unspecified atom stereocenters. The molecule has 0 aliphatic carbocycles. The minimum absolute atomic E-state index is 0.0106. The zero-order valence-electron chi connectivity index (χ0n) is 11.4. The number of aryl methyl sites for hydroxylation is 2. The average molecular weight is 337 g/mol. The summed E-state index contributed by atoms with van der Waals surface area (Å²) in [4.78, 5) is 23.8. The maximum Gasteiger partial charge on any atom is 0.328 e. The van der Waals surface area contributed by atoms with Crippen LogP contribution < -0.4 is 5.69 Å². The van der Waals surface area contributed by atoms with Crippen LogP contribution in [0.4, 0.5) is 0 Å². The van der Waals surface area contributed by atoms with Crippen molar-refractivity contribution in [3.8, 4) is 0 Å². The topological polar surface area (TPSA) is 44.0 Å². The summed E-state index contributed by atoms with van der Waals surface area (Å²) in [6.07, 6.45) is 4.67. The van der Waals surface area contributed by atoms with E-state index in [4.69, 9.17) is 0 Å². The van der Waals surface area contributed by atoms with Crippen LogP contribution in [0.3, 0.4) is 0 Å². The molecule has 0 aliphatic heterocycles. The van der Waals surface area contributed by atoms with Gasteiger partial charge in [0, 0.05) is 41.9 Å². The molecular weight excluding hydrogens is 320 g/mol. The van der Waals surface area contributed by atoms with Crippen LogP contribution in [0.5, 0.6) is 0 Å². The Hall–Kier alpha value is -1.62. The first-order chi connectivity index (χ1) is 9.61. The Morgan fingerprint density at radius 1 is 1.15 bits per heavy atom. The summed E-state index contributed by atoms with van der Waals surface area (Å²) in [5.41, 5.74) is 0.704. The number of benzene rings is 1. The molecule has 0 aliphatic rings. The summed E-state index contributed by atoms with van der Waals surface area (Å²) < 4.78 is 4.26. The summed E-state index contributed by atoms with van der Waals surface area (Å²) in [5.74, 6) is 0.112. The molecular formula is C15H17BrN2O2. The van der Waals surface area contributed by atoms with Gasteiger partial charge in [0.15, 0.2) is 5.78 Å². The van der Waals surface area contributed by atoms with Crippen molar-refractivity contribution in [3.05, 3.63) is 57.2 Å². The monoisotopic (exact) mass is 336 g/mol. The lowest BCUT2D eigenvalue weighted by molar-refractivity contribution is 0.0978. The van der Waals surface area contributed by atoms with Crippen LogP contribution in [-0.2, 0) is 13.1 Å². The molecule has 0 fully saturated rings. The molecule has 0 saturated heterocycles. The normalized spacial score (nSPS) is 10.7. The Morgan fingerprint density at radius 2 is 1.80 bits per heavy atom. The van der Waals surface area contributed by atoms with E-state index in [1.54, 1.807) is 21.5 Å². The quantitative estimate of drug-likeness (QED) is 0.761. The van der Waals surface area contributed by atoms with Crippen LogP contribution in [-0.4, -0.2) is 14.9 Å². The average Bonchev–Trinajstić information content (AvgIpc) is 2.80. The summed E-state index contributed by atoms with van der Waals surface area (Å²) in [7, 11) is 0. The fraction of sp³-hybridized carbons (Fsp3) is 0.333. The van der Waals surface area contributed by atoms with Gasteiger partial charge in [0.1, 0.15) is 0 Å². The zero-order chi connectivity index (χ0) is 14.5. The van der Waals surface area contributed by atoms with Gasteiger partial charge in [0.2, 0.25) is 0 Å². The minimum Gasteiger partial charge on any atom is -0.300 e. The number of hydrogen-bond acceptors (Lipinski definition) is 2. The molecule has 1 heterocycles. The Morgan fingerprint density at radius 3 is 2.40 bits per heavy atom. The number of aromatic nitrogens is 2. The SMILES string of the molecule is CCn1ccn(CCCC(=O)c2ccc(Br)cc2)c1=O. The summed E-state index contributed by atoms with van der Waals surface area (Å²) in [6.45, 7) is 3.18. The predicted molar refractivity (Wildman–Crippen MR) is 82.1 cm³/mol. The molecule has 4 nitrogen and oxygen atoms in total. The second kappa shape index (κ2) is 6.70. The van der Waals surface area contributed by atoms with E-state index in [2.05, 4.69) is 15.9 Å². The van der Waals surface area contributed by atoms with E-state index >= 15 is 0 Å². The standard InChI is InChI=1S/C15H17BrN2O2/c1-2-17-10-11-18(15(17)20)9-3-4-14(19)12-5-7-13(16)8-6-12/h5-8,10-11H,2-4,9H2,1H3. The van der Waals surface area contributed by atoms with E-state index in [9.17, 15) is 9.59 Å². The van der Waals surface area contributed by atoms with Crippen molar-refractivity contribution in [1.82, 2.24) is 9.13 Å². The molecule has 1 aromatic heterocycles. The molecule has 0 amide bonds. The van der Waals surface area contributed by atoms with Crippen LogP contribution in [0, 0.1) is 0 Å². The molecule has 0 N–H and O–H groups in total. The van der Waals surface area contributed by atoms with Crippen molar-refractivity contribution in [2.24, 2.45) is 0 Å². The molecule has 0 spiro atoms. The van der Waals surface area contributed by atoms with Crippen molar-refractivity contribution in [2.45, 2.75) is 32.9 Å². The molecule has 0 atom stereocenters. The van der Waals surface area contributed by atoms with Gasteiger partial charge >= 0.3 is 5.69 Å². The first-order valence-corrected chi connectivity index (χ1v) is 7.45. The number of hydrogen-bond donors (Lipinski definition) is 0. The zero-order valence-corrected chi connectivity index (χ0v) is 13.0. The first-order valence-electron chi connectivity index (χ1n) is 6.66. The van der Waals surface area contributed by atoms with Gasteiger partial charge in [-0.1, -0.05) is 28.1 Å². The van der Waals surface area contributed by atoms with E-state index < -0.39 is 0 Å². The molecule has 1 aromatic carbocycles. The van der Waals surface area contributed by atoms with Gasteiger partial charge < -0.3 is 0 Å². The molecule has 0 saturated carbocycles. The van der Waals surface area contributed by atoms with E-state index in [0.29, 0.717) is 31.5 Å². The Kier molecular flexibility index (Phi) is 4.95. The highest BCUT2D eigenvalue weighted by molar-refractivity contribution is 9.10. The van der Waals surface area contributed by atoms with Gasteiger partial charge in [-0.15, -0.1) is 0 Å². The highest BCUT2D eigenvalue weighted by atomic mass is 79.9. The summed E-state index contributed by atoms with van der Waals surface area (Å²) in [5, 5.41) is 0. The molecule has 20 heavy (non-hydrogen) atoms. The highest BCUT2D eigenvalue weighted by Gasteiger charge is 2.07. The molecule has 2 rings (SSSR count). The second-order valence-electron chi connectivity index (χ2n) is 4.59. The van der Waals surface area contributed by atoms with Crippen LogP contribution in [0.25, 0.3) is 0 Å². The van der Waals surface area contributed by atoms with Gasteiger partial charge in [0.25, 0.3) is 0 Å². The van der Waals surface area contributed by atoms with Crippen molar-refractivity contribution in [1.29, 1.82) is 0 Å². The Bertz CT molecular complexity index is 641. The number of ketones is 1. The minimum atomic E-state index is -0.0106. The number of halogens is 1. The maximum absolute atomic E-state index is 12.0. The fourth-order valence-electron chi connectivity index (χ4n) is 2.05. The van der Waals surface area contributed by atoms with Crippen molar-refractivity contribution in [3.63, 3.8) is 0 Å². The second-order valence-corrected chi connectivity index (χ2v) is 5.51. The lowest BCUT2D eigenvalue weighted by atomic mass is 10.1. The van der Waals surface area contributed by atoms with Crippen molar-refractivity contribution < 1.29 is 4.79 Å². The van der Waals surface area contributed by atoms with Gasteiger partial charge in [-0.25, -0.2) is 4.79 Å². The molecule has 2 aromatic rings. The number of imidazole rings is 1. The predicted octanol–water partition coefficient (Wildman–Crippen LogP) is 3.10. The molecule has 5 heteroatoms. The number of rotatable bonds is 6. The van der Waals surface area contributed by atoms with Gasteiger partial charge in [0.05, 0.1) is 0 Å². The van der Waals surface area contributed by atoms with Gasteiger partial charge in [-0.2, -0.15) is 0 Å². The number of nitrogens with zero attached hydrogens (tertiary/aromatic N) is 2. The number of Topliss-reactive ketones (excluding diaryl/α,β-unsaturated/α-hetero) is 1. The number of carbonyl (C=O) groups excluding carboxylic acids is 1. The van der Waals surface area contributed by atoms with E-state index in [-0.39, 0.29) is 11.5 Å². The van der Waals surface area contributed by atoms with Crippen LogP contribution in [0.15, 0.2) is 45.9 Å². The highest BCUT2D eigenvalue weighted by Crippen LogP contribution is 2.12. The van der Waals surface area contributed by atoms with E-state index in [1.165, 1.54) is 0 Å². The fourth-order valence-corrected chi connectivity index (χ4v) is 2.32. The van der Waals surface area contributed by atoms with Gasteiger partial charge in [-0.05, 0) is 25.5 Å². The van der Waals surface area contributed by atoms with Crippen LogP contribution in [0.1, 0.15) is 30.1 Å². The molecule has 106 valence electrons. The third-order valence-corrected chi connectivity index (χ3v) is 3.76. The van der Waals surface area contributed by atoms with Crippen LogP contribution in [0.2, 0.25) is 0 Å². The smallest absolute Gasteiger partial charge is 0.300 e. The van der Waals surface area contributed by atoms with Gasteiger partial charge in [-0.3, -0.25) is 13.9 Å². The van der Waals surface area contributed by atoms with Crippen molar-refractivity contribution >= 4 is 21.7 Å². The summed E-state index contributed by atoms with van der Waals surface area (Å²) >= 11 is 3.34. The summed E-state index contributed by atoms with van der Waals surface area (Å²) in [6, 6.07) is 7.34. The third-order valence-electron chi connectivity index (χ3n) is 3.23. The van der Waals surface area contributed by atoms with E-state index in [1.807, 2.05) is 31.2 Å².